The van der Waals surface area contributed by atoms with Gasteiger partial charge < -0.3 is 14.6 Å². The zero-order valence-electron chi connectivity index (χ0n) is 12.3. The van der Waals surface area contributed by atoms with E-state index in [2.05, 4.69) is 10.5 Å². The van der Waals surface area contributed by atoms with Crippen LogP contribution in [0.5, 0.6) is 17.2 Å². The number of hydrogen-bond donors (Lipinski definition) is 2. The summed E-state index contributed by atoms with van der Waals surface area (Å²) in [6, 6.07) is 9.93. The summed E-state index contributed by atoms with van der Waals surface area (Å²) in [5.74, 6) is 0.0509. The number of amides is 1. The topological polar surface area (TPSA) is 80.2 Å². The fourth-order valence-corrected chi connectivity index (χ4v) is 1.65. The number of rotatable bonds is 6. The Bertz CT molecular complexity index is 702. The molecule has 0 heterocycles. The number of phenolic OH excluding ortho intramolecular Hbond substituents is 1. The molecule has 2 aromatic carbocycles. The van der Waals surface area contributed by atoms with Crippen molar-refractivity contribution in [2.45, 2.75) is 0 Å². The average molecular weight is 318 g/mol. The van der Waals surface area contributed by atoms with Crippen molar-refractivity contribution in [3.8, 4) is 17.2 Å². The van der Waals surface area contributed by atoms with Gasteiger partial charge in [0.05, 0.1) is 13.3 Å². The Kier molecular flexibility index (Phi) is 5.51. The summed E-state index contributed by atoms with van der Waals surface area (Å²) in [7, 11) is 1.50. The van der Waals surface area contributed by atoms with Crippen LogP contribution in [0.15, 0.2) is 47.6 Å². The highest BCUT2D eigenvalue weighted by Gasteiger charge is 2.03. The van der Waals surface area contributed by atoms with Crippen molar-refractivity contribution in [1.82, 2.24) is 5.43 Å². The van der Waals surface area contributed by atoms with Gasteiger partial charge in [0.1, 0.15) is 23.1 Å². The average Bonchev–Trinajstić information content (AvgIpc) is 2.56. The van der Waals surface area contributed by atoms with E-state index in [-0.39, 0.29) is 18.2 Å². The minimum atomic E-state index is -0.493. The lowest BCUT2D eigenvalue weighted by molar-refractivity contribution is -0.123. The number of nitrogens with one attached hydrogen (secondary N) is 1. The number of phenols is 1. The van der Waals surface area contributed by atoms with Crippen molar-refractivity contribution in [2.24, 2.45) is 5.10 Å². The molecule has 0 saturated carbocycles. The van der Waals surface area contributed by atoms with E-state index in [1.165, 1.54) is 43.7 Å². The SMILES string of the molecule is COc1ccc(O)c(C=NNC(=O)COc2ccc(F)cc2)c1. The predicted molar refractivity (Wildman–Crippen MR) is 82.3 cm³/mol. The van der Waals surface area contributed by atoms with Crippen molar-refractivity contribution in [2.75, 3.05) is 13.7 Å². The van der Waals surface area contributed by atoms with Crippen LogP contribution in [0.25, 0.3) is 0 Å². The molecule has 0 aliphatic rings. The lowest BCUT2D eigenvalue weighted by Crippen LogP contribution is -2.24. The van der Waals surface area contributed by atoms with Crippen LogP contribution in [0, 0.1) is 5.82 Å². The summed E-state index contributed by atoms with van der Waals surface area (Å²) < 4.78 is 22.9. The molecule has 1 amide bonds. The largest absolute Gasteiger partial charge is 0.507 e. The molecular weight excluding hydrogens is 303 g/mol. The van der Waals surface area contributed by atoms with E-state index >= 15 is 0 Å². The van der Waals surface area contributed by atoms with Gasteiger partial charge in [0, 0.05) is 5.56 Å². The summed E-state index contributed by atoms with van der Waals surface area (Å²) >= 11 is 0. The molecule has 7 heteroatoms. The van der Waals surface area contributed by atoms with E-state index in [1.807, 2.05) is 0 Å². The van der Waals surface area contributed by atoms with Gasteiger partial charge in [-0.2, -0.15) is 5.10 Å². The second-order valence-corrected chi connectivity index (χ2v) is 4.46. The minimum absolute atomic E-state index is 0.00589. The molecule has 0 aromatic heterocycles. The number of carbonyl (C=O) groups excluding carboxylic acids is 1. The van der Waals surface area contributed by atoms with Crippen LogP contribution < -0.4 is 14.9 Å². The molecule has 0 aliphatic carbocycles. The molecule has 0 unspecified atom stereocenters. The van der Waals surface area contributed by atoms with E-state index in [1.54, 1.807) is 12.1 Å². The van der Waals surface area contributed by atoms with E-state index < -0.39 is 5.91 Å². The van der Waals surface area contributed by atoms with Crippen LogP contribution in [0.3, 0.4) is 0 Å². The van der Waals surface area contributed by atoms with Gasteiger partial charge in [-0.3, -0.25) is 4.79 Å². The zero-order valence-corrected chi connectivity index (χ0v) is 12.3. The summed E-state index contributed by atoms with van der Waals surface area (Å²) in [5, 5.41) is 13.4. The number of carbonyl (C=O) groups is 1. The van der Waals surface area contributed by atoms with Crippen LogP contribution >= 0.6 is 0 Å². The van der Waals surface area contributed by atoms with Gasteiger partial charge in [0.25, 0.3) is 5.91 Å². The Hall–Kier alpha value is -3.09. The van der Waals surface area contributed by atoms with Crippen molar-refractivity contribution in [3.05, 3.63) is 53.8 Å². The molecule has 23 heavy (non-hydrogen) atoms. The molecule has 0 saturated heterocycles. The predicted octanol–water partition coefficient (Wildman–Crippen LogP) is 2.07. The molecule has 0 spiro atoms. The van der Waals surface area contributed by atoms with Crippen LogP contribution in [0.4, 0.5) is 4.39 Å². The Morgan fingerprint density at radius 2 is 1.96 bits per heavy atom. The summed E-state index contributed by atoms with van der Waals surface area (Å²) in [5.41, 5.74) is 2.65. The van der Waals surface area contributed by atoms with Crippen LogP contribution in [-0.2, 0) is 4.79 Å². The monoisotopic (exact) mass is 318 g/mol. The van der Waals surface area contributed by atoms with E-state index in [0.29, 0.717) is 17.1 Å². The number of hydrogen-bond acceptors (Lipinski definition) is 5. The normalized spacial score (nSPS) is 10.5. The van der Waals surface area contributed by atoms with Gasteiger partial charge in [0.2, 0.25) is 0 Å². The first-order valence-electron chi connectivity index (χ1n) is 6.66. The van der Waals surface area contributed by atoms with Crippen molar-refractivity contribution < 1.29 is 23.8 Å². The van der Waals surface area contributed by atoms with Crippen LogP contribution in [0.2, 0.25) is 0 Å². The molecule has 0 aliphatic heterocycles. The summed E-state index contributed by atoms with van der Waals surface area (Å²) in [6.45, 7) is -0.271. The van der Waals surface area contributed by atoms with E-state index in [4.69, 9.17) is 9.47 Å². The second kappa shape index (κ2) is 7.79. The fraction of sp³-hybridized carbons (Fsp3) is 0.125. The smallest absolute Gasteiger partial charge is 0.277 e. The highest BCUT2D eigenvalue weighted by molar-refractivity contribution is 5.85. The van der Waals surface area contributed by atoms with Crippen LogP contribution in [-0.4, -0.2) is 30.9 Å². The summed E-state index contributed by atoms with van der Waals surface area (Å²) in [6.07, 6.45) is 1.29. The number of halogens is 1. The van der Waals surface area contributed by atoms with Crippen molar-refractivity contribution >= 4 is 12.1 Å². The number of nitrogens with zero attached hydrogens (tertiary/aromatic N) is 1. The maximum Gasteiger partial charge on any atom is 0.277 e. The number of ether oxygens (including phenoxy) is 2. The highest BCUT2D eigenvalue weighted by atomic mass is 19.1. The zero-order chi connectivity index (χ0) is 16.7. The lowest BCUT2D eigenvalue weighted by atomic mass is 10.2. The van der Waals surface area contributed by atoms with E-state index in [9.17, 15) is 14.3 Å². The lowest BCUT2D eigenvalue weighted by Gasteiger charge is -2.05. The molecule has 0 radical (unpaired) electrons. The van der Waals surface area contributed by atoms with Gasteiger partial charge in [-0.05, 0) is 42.5 Å². The molecule has 120 valence electrons. The molecule has 2 aromatic rings. The summed E-state index contributed by atoms with van der Waals surface area (Å²) in [4.78, 5) is 11.6. The second-order valence-electron chi connectivity index (χ2n) is 4.46. The standard InChI is InChI=1S/C16H15FN2O4/c1-22-14-6-7-15(20)11(8-14)9-18-19-16(21)10-23-13-4-2-12(17)3-5-13/h2-9,20H,10H2,1H3,(H,19,21). The number of benzene rings is 2. The Morgan fingerprint density at radius 1 is 1.26 bits per heavy atom. The molecule has 0 bridgehead atoms. The third kappa shape index (κ3) is 4.99. The first-order chi connectivity index (χ1) is 11.1. The Morgan fingerprint density at radius 3 is 2.65 bits per heavy atom. The Balaban J connectivity index is 1.85. The molecule has 0 fully saturated rings. The van der Waals surface area contributed by atoms with Crippen LogP contribution in [0.1, 0.15) is 5.56 Å². The molecule has 6 nitrogen and oxygen atoms in total. The number of methoxy groups -OCH3 is 1. The third-order valence-corrected chi connectivity index (χ3v) is 2.81. The molecule has 2 N–H and O–H groups in total. The fourth-order valence-electron chi connectivity index (χ4n) is 1.65. The first-order valence-corrected chi connectivity index (χ1v) is 6.66. The maximum absolute atomic E-state index is 12.7. The quantitative estimate of drug-likeness (QED) is 0.631. The number of aromatic hydroxyl groups is 1. The third-order valence-electron chi connectivity index (χ3n) is 2.81. The van der Waals surface area contributed by atoms with Crippen molar-refractivity contribution in [3.63, 3.8) is 0 Å². The number of hydrazone groups is 1. The van der Waals surface area contributed by atoms with Gasteiger partial charge in [-0.25, -0.2) is 9.82 Å². The van der Waals surface area contributed by atoms with Gasteiger partial charge in [0.15, 0.2) is 6.61 Å². The minimum Gasteiger partial charge on any atom is -0.507 e. The highest BCUT2D eigenvalue weighted by Crippen LogP contribution is 2.20. The first kappa shape index (κ1) is 16.3. The maximum atomic E-state index is 12.7. The Labute approximate surface area is 132 Å². The van der Waals surface area contributed by atoms with Gasteiger partial charge in [-0.15, -0.1) is 0 Å². The van der Waals surface area contributed by atoms with E-state index in [0.717, 1.165) is 0 Å². The molecule has 0 atom stereocenters. The molecule has 2 rings (SSSR count). The van der Waals surface area contributed by atoms with Gasteiger partial charge >= 0.3 is 0 Å². The molecular formula is C16H15FN2O4. The van der Waals surface area contributed by atoms with Crippen molar-refractivity contribution in [1.29, 1.82) is 0 Å². The van der Waals surface area contributed by atoms with Gasteiger partial charge in [-0.1, -0.05) is 0 Å².